The molecule has 0 radical (unpaired) electrons. The van der Waals surface area contributed by atoms with E-state index in [9.17, 15) is 14.4 Å². The number of carbonyl (C=O) groups excluding carboxylic acids is 3. The van der Waals surface area contributed by atoms with E-state index in [0.29, 0.717) is 23.4 Å². The van der Waals surface area contributed by atoms with E-state index in [1.54, 1.807) is 0 Å². The third kappa shape index (κ3) is 2.30. The number of carbonyl (C=O) groups is 3. The highest BCUT2D eigenvalue weighted by atomic mass is 32.1. The van der Waals surface area contributed by atoms with Crippen molar-refractivity contribution in [2.45, 2.75) is 58.8 Å². The molecule has 0 saturated heterocycles. The molecule has 0 aromatic carbocycles. The van der Waals surface area contributed by atoms with Crippen LogP contribution < -0.4 is 5.32 Å². The summed E-state index contributed by atoms with van der Waals surface area (Å²) in [7, 11) is 1.37. The number of nitrogens with one attached hydrogen (secondary N) is 1. The van der Waals surface area contributed by atoms with E-state index >= 15 is 0 Å². The molecule has 4 rings (SSSR count). The van der Waals surface area contributed by atoms with Gasteiger partial charge in [-0.25, -0.2) is 4.79 Å². The van der Waals surface area contributed by atoms with Crippen LogP contribution in [0.5, 0.6) is 0 Å². The predicted octanol–water partition coefficient (Wildman–Crippen LogP) is 3.75. The lowest BCUT2D eigenvalue weighted by molar-refractivity contribution is -0.142. The van der Waals surface area contributed by atoms with Crippen LogP contribution in [0.15, 0.2) is 0 Å². The van der Waals surface area contributed by atoms with Crippen molar-refractivity contribution in [3.05, 3.63) is 16.0 Å². The molecule has 2 unspecified atom stereocenters. The average Bonchev–Trinajstić information content (AvgIpc) is 3.27. The Kier molecular flexibility index (Phi) is 4.03. The summed E-state index contributed by atoms with van der Waals surface area (Å²) in [6.07, 6.45) is 6.06. The van der Waals surface area contributed by atoms with Crippen molar-refractivity contribution >= 4 is 34.0 Å². The van der Waals surface area contributed by atoms with Gasteiger partial charge in [-0.3, -0.25) is 9.59 Å². The van der Waals surface area contributed by atoms with Crippen LogP contribution in [-0.4, -0.2) is 24.8 Å². The number of ketones is 1. The summed E-state index contributed by atoms with van der Waals surface area (Å²) in [5, 5.41) is 3.53. The van der Waals surface area contributed by atoms with Crippen LogP contribution in [0.2, 0.25) is 0 Å². The molecule has 1 amide bonds. The number of thiophene rings is 1. The standard InChI is InChI=1S/C20H25NO4S/c1-19(2)11-8-9-20(10-11,17(19)23)18(24)21-15-14(16(22)25-3)12-6-4-5-7-13(12)26-15/h11H,4-10H2,1-3H3,(H,21,24). The number of fused-ring (bicyclic) bond motifs is 3. The first-order chi connectivity index (χ1) is 12.3. The third-order valence-electron chi connectivity index (χ3n) is 6.78. The van der Waals surface area contributed by atoms with Gasteiger partial charge in [-0.1, -0.05) is 13.8 Å². The fourth-order valence-corrected chi connectivity index (χ4v) is 6.45. The highest BCUT2D eigenvalue weighted by molar-refractivity contribution is 7.17. The molecule has 2 fully saturated rings. The lowest BCUT2D eigenvalue weighted by Gasteiger charge is -2.32. The molecular formula is C20H25NO4S. The van der Waals surface area contributed by atoms with E-state index in [0.717, 1.165) is 42.5 Å². The minimum absolute atomic E-state index is 0.0553. The van der Waals surface area contributed by atoms with Crippen molar-refractivity contribution in [2.24, 2.45) is 16.7 Å². The van der Waals surface area contributed by atoms with Crippen molar-refractivity contribution < 1.29 is 19.1 Å². The van der Waals surface area contributed by atoms with Gasteiger partial charge in [0.1, 0.15) is 10.4 Å². The van der Waals surface area contributed by atoms with Crippen molar-refractivity contribution in [2.75, 3.05) is 12.4 Å². The molecule has 0 spiro atoms. The number of amides is 1. The molecule has 2 saturated carbocycles. The lowest BCUT2D eigenvalue weighted by Crippen LogP contribution is -2.44. The summed E-state index contributed by atoms with van der Waals surface area (Å²) in [5.41, 5.74) is 0.154. The lowest BCUT2D eigenvalue weighted by atomic mass is 9.70. The van der Waals surface area contributed by atoms with Gasteiger partial charge in [-0.05, 0) is 56.4 Å². The van der Waals surface area contributed by atoms with E-state index in [1.807, 2.05) is 13.8 Å². The quantitative estimate of drug-likeness (QED) is 0.645. The normalized spacial score (nSPS) is 28.7. The summed E-state index contributed by atoms with van der Waals surface area (Å²) in [6.45, 7) is 3.91. The SMILES string of the molecule is COC(=O)c1c(NC(=O)C23CCC(C2)C(C)(C)C3=O)sc2c1CCCC2. The number of hydrogen-bond acceptors (Lipinski definition) is 5. The number of rotatable bonds is 3. The highest BCUT2D eigenvalue weighted by Crippen LogP contribution is 2.60. The Labute approximate surface area is 157 Å². The highest BCUT2D eigenvalue weighted by Gasteiger charge is 2.65. The van der Waals surface area contributed by atoms with Crippen molar-refractivity contribution in [1.82, 2.24) is 0 Å². The second kappa shape index (κ2) is 5.91. The van der Waals surface area contributed by atoms with E-state index in [4.69, 9.17) is 4.74 Å². The zero-order valence-corrected chi connectivity index (χ0v) is 16.4. The first kappa shape index (κ1) is 17.7. The molecule has 2 bridgehead atoms. The Bertz CT molecular complexity index is 809. The summed E-state index contributed by atoms with van der Waals surface area (Å²) in [6, 6.07) is 0. The maximum atomic E-state index is 13.2. The minimum atomic E-state index is -0.925. The molecule has 26 heavy (non-hydrogen) atoms. The first-order valence-electron chi connectivity index (χ1n) is 9.40. The Morgan fingerprint density at radius 3 is 2.62 bits per heavy atom. The summed E-state index contributed by atoms with van der Waals surface area (Å²) >= 11 is 1.47. The fourth-order valence-electron chi connectivity index (χ4n) is 5.17. The van der Waals surface area contributed by atoms with E-state index in [2.05, 4.69) is 5.32 Å². The number of Topliss-reactive ketones (excluding diaryl/α,β-unsaturated/α-hetero) is 1. The molecule has 0 aliphatic heterocycles. The summed E-state index contributed by atoms with van der Waals surface area (Å²) < 4.78 is 4.97. The van der Waals surface area contributed by atoms with Gasteiger partial charge in [0.15, 0.2) is 5.78 Å². The maximum Gasteiger partial charge on any atom is 0.341 e. The van der Waals surface area contributed by atoms with Crippen molar-refractivity contribution in [3.63, 3.8) is 0 Å². The zero-order chi connectivity index (χ0) is 18.7. The van der Waals surface area contributed by atoms with Crippen LogP contribution >= 0.6 is 11.3 Å². The maximum absolute atomic E-state index is 13.2. The molecule has 1 aromatic heterocycles. The smallest absolute Gasteiger partial charge is 0.341 e. The first-order valence-corrected chi connectivity index (χ1v) is 10.2. The third-order valence-corrected chi connectivity index (χ3v) is 7.98. The average molecular weight is 375 g/mol. The monoisotopic (exact) mass is 375 g/mol. The Balaban J connectivity index is 1.68. The minimum Gasteiger partial charge on any atom is -0.465 e. The van der Waals surface area contributed by atoms with Gasteiger partial charge in [0.25, 0.3) is 0 Å². The van der Waals surface area contributed by atoms with Crippen molar-refractivity contribution in [1.29, 1.82) is 0 Å². The molecule has 5 nitrogen and oxygen atoms in total. The van der Waals surface area contributed by atoms with Crippen molar-refractivity contribution in [3.8, 4) is 0 Å². The second-order valence-corrected chi connectivity index (χ2v) is 9.54. The van der Waals surface area contributed by atoms with Gasteiger partial charge in [0.2, 0.25) is 5.91 Å². The largest absolute Gasteiger partial charge is 0.465 e. The van der Waals surface area contributed by atoms with Crippen LogP contribution in [0, 0.1) is 16.7 Å². The summed E-state index contributed by atoms with van der Waals surface area (Å²) in [4.78, 5) is 39.7. The zero-order valence-electron chi connectivity index (χ0n) is 15.6. The molecule has 1 aromatic rings. The van der Waals surface area contributed by atoms with Crippen LogP contribution in [0.4, 0.5) is 5.00 Å². The molecular weight excluding hydrogens is 350 g/mol. The topological polar surface area (TPSA) is 72.5 Å². The molecule has 2 atom stereocenters. The van der Waals surface area contributed by atoms with Gasteiger partial charge in [-0.2, -0.15) is 0 Å². The molecule has 3 aliphatic carbocycles. The van der Waals surface area contributed by atoms with Crippen LogP contribution in [0.1, 0.15) is 66.8 Å². The van der Waals surface area contributed by atoms with Gasteiger partial charge in [0.05, 0.1) is 12.7 Å². The molecule has 1 N–H and O–H groups in total. The van der Waals surface area contributed by atoms with Gasteiger partial charge in [-0.15, -0.1) is 11.3 Å². The Morgan fingerprint density at radius 2 is 1.96 bits per heavy atom. The number of ether oxygens (including phenoxy) is 1. The van der Waals surface area contributed by atoms with Crippen LogP contribution in [0.3, 0.4) is 0 Å². The number of hydrogen-bond donors (Lipinski definition) is 1. The Hall–Kier alpha value is -1.69. The number of anilines is 1. The molecule has 140 valence electrons. The number of esters is 1. The number of aryl methyl sites for hydroxylation is 1. The van der Waals surface area contributed by atoms with E-state index in [-0.39, 0.29) is 17.6 Å². The predicted molar refractivity (Wildman–Crippen MR) is 99.5 cm³/mol. The summed E-state index contributed by atoms with van der Waals surface area (Å²) in [5.74, 6) is -0.309. The van der Waals surface area contributed by atoms with Gasteiger partial charge < -0.3 is 10.1 Å². The van der Waals surface area contributed by atoms with Crippen LogP contribution in [-0.2, 0) is 27.2 Å². The van der Waals surface area contributed by atoms with Crippen LogP contribution in [0.25, 0.3) is 0 Å². The van der Waals surface area contributed by atoms with E-state index < -0.39 is 16.8 Å². The molecule has 1 heterocycles. The fraction of sp³-hybridized carbons (Fsp3) is 0.650. The second-order valence-electron chi connectivity index (χ2n) is 8.43. The molecule has 6 heteroatoms. The van der Waals surface area contributed by atoms with Gasteiger partial charge >= 0.3 is 5.97 Å². The number of methoxy groups -OCH3 is 1. The Morgan fingerprint density at radius 1 is 1.23 bits per heavy atom. The van der Waals surface area contributed by atoms with E-state index in [1.165, 1.54) is 18.4 Å². The molecule has 3 aliphatic rings. The van der Waals surface area contributed by atoms with Gasteiger partial charge in [0, 0.05) is 10.3 Å².